The Morgan fingerprint density at radius 2 is 1.70 bits per heavy atom. The van der Waals surface area contributed by atoms with E-state index in [1.54, 1.807) is 0 Å². The zero-order valence-corrected chi connectivity index (χ0v) is 12.7. The average Bonchev–Trinajstić information content (AvgIpc) is 3.23. The minimum atomic E-state index is -0.789. The zero-order valence-electron chi connectivity index (χ0n) is 12.7. The van der Waals surface area contributed by atoms with Crippen molar-refractivity contribution in [2.24, 2.45) is 17.8 Å². The molecule has 0 heterocycles. The van der Waals surface area contributed by atoms with Crippen molar-refractivity contribution in [1.29, 1.82) is 0 Å². The first kappa shape index (κ1) is 15.3. The molecule has 0 spiro atoms. The minimum Gasteiger partial charge on any atom is -0.481 e. The van der Waals surface area contributed by atoms with E-state index >= 15 is 0 Å². The van der Waals surface area contributed by atoms with Gasteiger partial charge in [0.1, 0.15) is 0 Å². The lowest BCUT2D eigenvalue weighted by atomic mass is 9.78. The SMILES string of the molecule is CC(C)CCN(C(=O)[C@@H]1CCCC[C@@H]1C(=O)O)C1CC1. The second kappa shape index (κ2) is 6.59. The van der Waals surface area contributed by atoms with Crippen molar-refractivity contribution in [3.05, 3.63) is 0 Å². The van der Waals surface area contributed by atoms with Crippen LogP contribution >= 0.6 is 0 Å². The summed E-state index contributed by atoms with van der Waals surface area (Å²) in [6.07, 6.45) is 6.53. The first-order chi connectivity index (χ1) is 9.50. The molecule has 0 unspecified atom stereocenters. The number of hydrogen-bond acceptors (Lipinski definition) is 2. The molecule has 20 heavy (non-hydrogen) atoms. The molecular weight excluding hydrogens is 254 g/mol. The van der Waals surface area contributed by atoms with Crippen molar-refractivity contribution in [3.8, 4) is 0 Å². The van der Waals surface area contributed by atoms with Gasteiger partial charge in [-0.25, -0.2) is 0 Å². The number of nitrogens with zero attached hydrogens (tertiary/aromatic N) is 1. The van der Waals surface area contributed by atoms with Crippen LogP contribution in [0.1, 0.15) is 58.8 Å². The predicted octanol–water partition coefficient (Wildman–Crippen LogP) is 2.91. The Kier molecular flexibility index (Phi) is 5.06. The molecule has 4 nitrogen and oxygen atoms in total. The number of hydrogen-bond donors (Lipinski definition) is 1. The summed E-state index contributed by atoms with van der Waals surface area (Å²) < 4.78 is 0. The Morgan fingerprint density at radius 1 is 1.10 bits per heavy atom. The summed E-state index contributed by atoms with van der Waals surface area (Å²) in [4.78, 5) is 26.1. The summed E-state index contributed by atoms with van der Waals surface area (Å²) >= 11 is 0. The lowest BCUT2D eigenvalue weighted by molar-refractivity contribution is -0.152. The number of carbonyl (C=O) groups is 2. The zero-order chi connectivity index (χ0) is 14.7. The maximum atomic E-state index is 12.8. The van der Waals surface area contributed by atoms with E-state index in [2.05, 4.69) is 13.8 Å². The standard InChI is InChI=1S/C16H27NO3/c1-11(2)9-10-17(12-7-8-12)15(18)13-5-3-4-6-14(13)16(19)20/h11-14H,3-10H2,1-2H3,(H,19,20)/t13-,14+/m1/s1. The molecule has 0 aliphatic heterocycles. The maximum absolute atomic E-state index is 12.8. The Bertz CT molecular complexity index is 363. The third-order valence-electron chi connectivity index (χ3n) is 4.62. The van der Waals surface area contributed by atoms with Crippen LogP contribution in [-0.2, 0) is 9.59 Å². The van der Waals surface area contributed by atoms with E-state index in [1.807, 2.05) is 4.90 Å². The van der Waals surface area contributed by atoms with Crippen LogP contribution < -0.4 is 0 Å². The summed E-state index contributed by atoms with van der Waals surface area (Å²) in [5.74, 6) is -0.848. The first-order valence-electron chi connectivity index (χ1n) is 8.04. The van der Waals surface area contributed by atoms with Gasteiger partial charge in [0.15, 0.2) is 0 Å². The normalized spacial score (nSPS) is 26.6. The molecule has 2 atom stereocenters. The molecule has 1 N–H and O–H groups in total. The van der Waals surface area contributed by atoms with Crippen molar-refractivity contribution in [2.45, 2.75) is 64.8 Å². The molecule has 0 aromatic heterocycles. The molecule has 2 aliphatic carbocycles. The van der Waals surface area contributed by atoms with E-state index in [4.69, 9.17) is 0 Å². The molecule has 0 saturated heterocycles. The molecule has 2 rings (SSSR count). The Morgan fingerprint density at radius 3 is 2.20 bits per heavy atom. The van der Waals surface area contributed by atoms with E-state index in [0.717, 1.165) is 45.1 Å². The van der Waals surface area contributed by atoms with E-state index in [0.29, 0.717) is 18.4 Å². The van der Waals surface area contributed by atoms with Gasteiger partial charge in [0.25, 0.3) is 0 Å². The molecule has 2 fully saturated rings. The average molecular weight is 281 g/mol. The number of aliphatic carboxylic acids is 1. The molecule has 0 aromatic carbocycles. The third kappa shape index (κ3) is 3.74. The van der Waals surface area contributed by atoms with Crippen LogP contribution in [-0.4, -0.2) is 34.5 Å². The number of rotatable bonds is 6. The molecule has 0 bridgehead atoms. The number of carboxylic acids is 1. The van der Waals surface area contributed by atoms with Crippen LogP contribution in [0, 0.1) is 17.8 Å². The first-order valence-corrected chi connectivity index (χ1v) is 8.04. The van der Waals surface area contributed by atoms with Gasteiger partial charge in [-0.2, -0.15) is 0 Å². The van der Waals surface area contributed by atoms with Crippen LogP contribution in [0.4, 0.5) is 0 Å². The van der Waals surface area contributed by atoms with Crippen LogP contribution in [0.3, 0.4) is 0 Å². The molecule has 0 radical (unpaired) electrons. The second-order valence-corrected chi connectivity index (χ2v) is 6.78. The second-order valence-electron chi connectivity index (χ2n) is 6.78. The van der Waals surface area contributed by atoms with E-state index in [9.17, 15) is 14.7 Å². The summed E-state index contributed by atoms with van der Waals surface area (Å²) in [7, 11) is 0. The summed E-state index contributed by atoms with van der Waals surface area (Å²) in [5, 5.41) is 9.34. The third-order valence-corrected chi connectivity index (χ3v) is 4.62. The smallest absolute Gasteiger partial charge is 0.307 e. The highest BCUT2D eigenvalue weighted by Crippen LogP contribution is 2.35. The molecule has 4 heteroatoms. The summed E-state index contributed by atoms with van der Waals surface area (Å²) in [5.41, 5.74) is 0. The van der Waals surface area contributed by atoms with E-state index in [-0.39, 0.29) is 11.8 Å². The molecule has 114 valence electrons. The summed E-state index contributed by atoms with van der Waals surface area (Å²) in [6, 6.07) is 0.387. The van der Waals surface area contributed by atoms with Crippen LogP contribution in [0.2, 0.25) is 0 Å². The van der Waals surface area contributed by atoms with Gasteiger partial charge in [-0.05, 0) is 38.0 Å². The van der Waals surface area contributed by atoms with Crippen molar-refractivity contribution < 1.29 is 14.7 Å². The number of carboxylic acid groups (broad SMARTS) is 1. The fourth-order valence-electron chi connectivity index (χ4n) is 3.19. The highest BCUT2D eigenvalue weighted by atomic mass is 16.4. The van der Waals surface area contributed by atoms with Crippen molar-refractivity contribution in [3.63, 3.8) is 0 Å². The molecule has 0 aromatic rings. The highest BCUT2D eigenvalue weighted by molar-refractivity contribution is 5.85. The van der Waals surface area contributed by atoms with E-state index < -0.39 is 11.9 Å². The van der Waals surface area contributed by atoms with Crippen molar-refractivity contribution >= 4 is 11.9 Å². The van der Waals surface area contributed by atoms with Crippen LogP contribution in [0.25, 0.3) is 0 Å². The predicted molar refractivity (Wildman–Crippen MR) is 77.3 cm³/mol. The topological polar surface area (TPSA) is 57.6 Å². The van der Waals surface area contributed by atoms with Gasteiger partial charge in [0, 0.05) is 12.6 Å². The van der Waals surface area contributed by atoms with Crippen LogP contribution in [0.15, 0.2) is 0 Å². The Balaban J connectivity index is 2.03. The lowest BCUT2D eigenvalue weighted by Crippen LogP contribution is -2.44. The monoisotopic (exact) mass is 281 g/mol. The van der Waals surface area contributed by atoms with Gasteiger partial charge in [0.05, 0.1) is 11.8 Å². The van der Waals surface area contributed by atoms with Crippen molar-refractivity contribution in [2.75, 3.05) is 6.54 Å². The number of carbonyl (C=O) groups excluding carboxylic acids is 1. The lowest BCUT2D eigenvalue weighted by Gasteiger charge is -2.33. The fourth-order valence-corrected chi connectivity index (χ4v) is 3.19. The molecule has 1 amide bonds. The maximum Gasteiger partial charge on any atom is 0.307 e. The van der Waals surface area contributed by atoms with Gasteiger partial charge >= 0.3 is 5.97 Å². The number of amides is 1. The quantitative estimate of drug-likeness (QED) is 0.814. The van der Waals surface area contributed by atoms with Gasteiger partial charge in [-0.1, -0.05) is 26.7 Å². The largest absolute Gasteiger partial charge is 0.481 e. The van der Waals surface area contributed by atoms with Gasteiger partial charge in [0.2, 0.25) is 5.91 Å². The summed E-state index contributed by atoms with van der Waals surface area (Å²) in [6.45, 7) is 5.12. The fraction of sp³-hybridized carbons (Fsp3) is 0.875. The van der Waals surface area contributed by atoms with Gasteiger partial charge in [-0.3, -0.25) is 9.59 Å². The molecular formula is C16H27NO3. The van der Waals surface area contributed by atoms with E-state index in [1.165, 1.54) is 0 Å². The minimum absolute atomic E-state index is 0.111. The Hall–Kier alpha value is -1.06. The Labute approximate surface area is 121 Å². The molecule has 2 aliphatic rings. The van der Waals surface area contributed by atoms with Crippen LogP contribution in [0.5, 0.6) is 0 Å². The molecule has 2 saturated carbocycles. The highest BCUT2D eigenvalue weighted by Gasteiger charge is 2.41. The van der Waals surface area contributed by atoms with Crippen molar-refractivity contribution in [1.82, 2.24) is 4.90 Å². The van der Waals surface area contributed by atoms with Gasteiger partial charge < -0.3 is 10.0 Å². The van der Waals surface area contributed by atoms with Gasteiger partial charge in [-0.15, -0.1) is 0 Å².